The molecule has 25 heavy (non-hydrogen) atoms. The van der Waals surface area contributed by atoms with Crippen molar-refractivity contribution in [2.45, 2.75) is 88.7 Å². The number of fused-ring (bicyclic) bond motifs is 2. The molecular weight excluding hydrogens is 320 g/mol. The minimum absolute atomic E-state index is 0.0750. The first-order valence-electron chi connectivity index (χ1n) is 10.2. The third kappa shape index (κ3) is 3.06. The molecule has 3 aliphatic heterocycles. The van der Waals surface area contributed by atoms with Crippen LogP contribution < -0.4 is 0 Å². The van der Waals surface area contributed by atoms with Gasteiger partial charge in [-0.05, 0) is 57.8 Å². The van der Waals surface area contributed by atoms with E-state index < -0.39 is 0 Å². The van der Waals surface area contributed by atoms with Gasteiger partial charge >= 0.3 is 0 Å². The summed E-state index contributed by atoms with van der Waals surface area (Å²) in [7, 11) is 0. The third-order valence-corrected chi connectivity index (χ3v) is 7.51. The molecule has 0 amide bonds. The van der Waals surface area contributed by atoms with Crippen LogP contribution in [0.2, 0.25) is 0 Å². The van der Waals surface area contributed by atoms with Gasteiger partial charge in [0.1, 0.15) is 6.10 Å². The van der Waals surface area contributed by atoms with Gasteiger partial charge in [0.15, 0.2) is 6.29 Å². The Morgan fingerprint density at radius 2 is 1.76 bits per heavy atom. The van der Waals surface area contributed by atoms with Crippen molar-refractivity contribution in [1.82, 2.24) is 0 Å². The van der Waals surface area contributed by atoms with Crippen LogP contribution in [-0.2, 0) is 23.7 Å². The fraction of sp³-hybridized carbons (Fsp3) is 1.00. The van der Waals surface area contributed by atoms with Gasteiger partial charge < -0.3 is 23.7 Å². The Hall–Kier alpha value is -0.200. The van der Waals surface area contributed by atoms with E-state index >= 15 is 0 Å². The van der Waals surface area contributed by atoms with Crippen LogP contribution in [0.3, 0.4) is 0 Å². The predicted molar refractivity (Wildman–Crippen MR) is 91.2 cm³/mol. The van der Waals surface area contributed by atoms with Gasteiger partial charge in [-0.3, -0.25) is 0 Å². The Balaban J connectivity index is 1.05. The van der Waals surface area contributed by atoms with E-state index in [-0.39, 0.29) is 23.6 Å². The van der Waals surface area contributed by atoms with E-state index in [0.717, 1.165) is 25.9 Å². The zero-order chi connectivity index (χ0) is 17.2. The first kappa shape index (κ1) is 16.9. The van der Waals surface area contributed by atoms with Crippen LogP contribution in [0.25, 0.3) is 0 Å². The maximum atomic E-state index is 6.10. The first-order chi connectivity index (χ1) is 12.0. The van der Waals surface area contributed by atoms with Gasteiger partial charge in [-0.25, -0.2) is 0 Å². The highest BCUT2D eigenvalue weighted by molar-refractivity contribution is 5.07. The number of hydrogen-bond acceptors (Lipinski definition) is 5. The van der Waals surface area contributed by atoms with E-state index in [9.17, 15) is 0 Å². The summed E-state index contributed by atoms with van der Waals surface area (Å²) in [5.74, 6) is 1.59. The number of ether oxygens (including phenoxy) is 5. The van der Waals surface area contributed by atoms with E-state index in [0.29, 0.717) is 43.2 Å². The van der Waals surface area contributed by atoms with E-state index in [2.05, 4.69) is 20.8 Å². The van der Waals surface area contributed by atoms with Gasteiger partial charge in [0.2, 0.25) is 0 Å². The topological polar surface area (TPSA) is 52.8 Å². The van der Waals surface area contributed by atoms with Crippen molar-refractivity contribution in [3.63, 3.8) is 0 Å². The SMILES string of the molecule is CC1C(C2OCC(OCC3CCC4(C)OC4C3)CO2)CCC2(C)OC12. The lowest BCUT2D eigenvalue weighted by Gasteiger charge is -2.39. The monoisotopic (exact) mass is 352 g/mol. The van der Waals surface area contributed by atoms with E-state index in [1.165, 1.54) is 12.8 Å². The molecule has 3 saturated heterocycles. The summed E-state index contributed by atoms with van der Waals surface area (Å²) in [5.41, 5.74) is 0.330. The normalized spacial score (nSPS) is 57.5. The summed E-state index contributed by atoms with van der Waals surface area (Å²) >= 11 is 0. The van der Waals surface area contributed by atoms with Gasteiger partial charge in [-0.2, -0.15) is 0 Å². The van der Waals surface area contributed by atoms with Crippen molar-refractivity contribution < 1.29 is 23.7 Å². The zero-order valence-corrected chi connectivity index (χ0v) is 15.7. The number of hydrogen-bond donors (Lipinski definition) is 0. The molecule has 2 aliphatic carbocycles. The second-order valence-electron chi connectivity index (χ2n) is 9.46. The van der Waals surface area contributed by atoms with Crippen molar-refractivity contribution in [3.8, 4) is 0 Å². The fourth-order valence-corrected chi connectivity index (χ4v) is 5.43. The summed E-state index contributed by atoms with van der Waals surface area (Å²) in [6.45, 7) is 8.87. The van der Waals surface area contributed by atoms with E-state index in [1.807, 2.05) is 0 Å². The Labute approximate surface area is 150 Å². The van der Waals surface area contributed by atoms with Gasteiger partial charge in [0.05, 0.1) is 43.2 Å². The van der Waals surface area contributed by atoms with Crippen molar-refractivity contribution >= 4 is 0 Å². The molecule has 0 aromatic carbocycles. The third-order valence-electron chi connectivity index (χ3n) is 7.51. The maximum absolute atomic E-state index is 6.10. The minimum atomic E-state index is -0.0844. The van der Waals surface area contributed by atoms with Crippen LogP contribution >= 0.6 is 0 Å². The molecular formula is C20H32O5. The van der Waals surface area contributed by atoms with Gasteiger partial charge in [-0.15, -0.1) is 0 Å². The molecule has 0 bridgehead atoms. The van der Waals surface area contributed by atoms with Crippen molar-refractivity contribution in [2.75, 3.05) is 19.8 Å². The molecule has 5 nitrogen and oxygen atoms in total. The summed E-state index contributed by atoms with van der Waals surface area (Å²) < 4.78 is 29.9. The Morgan fingerprint density at radius 3 is 2.52 bits per heavy atom. The molecule has 5 heteroatoms. The lowest BCUT2D eigenvalue weighted by molar-refractivity contribution is -0.255. The van der Waals surface area contributed by atoms with E-state index in [4.69, 9.17) is 23.7 Å². The molecule has 7 atom stereocenters. The van der Waals surface area contributed by atoms with Crippen LogP contribution in [0.1, 0.15) is 52.9 Å². The lowest BCUT2D eigenvalue weighted by atomic mass is 9.75. The summed E-state index contributed by atoms with van der Waals surface area (Å²) in [4.78, 5) is 0. The molecule has 3 heterocycles. The van der Waals surface area contributed by atoms with Crippen LogP contribution in [0, 0.1) is 17.8 Å². The number of rotatable bonds is 4. The van der Waals surface area contributed by atoms with Crippen molar-refractivity contribution in [2.24, 2.45) is 17.8 Å². The fourth-order valence-electron chi connectivity index (χ4n) is 5.43. The Kier molecular flexibility index (Phi) is 4.00. The summed E-state index contributed by atoms with van der Waals surface area (Å²) in [6.07, 6.45) is 6.65. The van der Waals surface area contributed by atoms with Crippen LogP contribution in [0.4, 0.5) is 0 Å². The van der Waals surface area contributed by atoms with Crippen LogP contribution in [-0.4, -0.2) is 55.6 Å². The quantitative estimate of drug-likeness (QED) is 0.728. The highest BCUT2D eigenvalue weighted by atomic mass is 16.7. The summed E-state index contributed by atoms with van der Waals surface area (Å²) in [5, 5.41) is 0. The second-order valence-corrected chi connectivity index (χ2v) is 9.46. The van der Waals surface area contributed by atoms with Crippen molar-refractivity contribution in [1.29, 1.82) is 0 Å². The maximum Gasteiger partial charge on any atom is 0.160 e. The van der Waals surface area contributed by atoms with Crippen LogP contribution in [0.15, 0.2) is 0 Å². The van der Waals surface area contributed by atoms with Gasteiger partial charge in [0.25, 0.3) is 0 Å². The van der Waals surface area contributed by atoms with E-state index in [1.54, 1.807) is 0 Å². The molecule has 7 unspecified atom stereocenters. The average molecular weight is 352 g/mol. The first-order valence-corrected chi connectivity index (χ1v) is 10.2. The zero-order valence-electron chi connectivity index (χ0n) is 15.7. The van der Waals surface area contributed by atoms with Gasteiger partial charge in [-0.1, -0.05) is 6.92 Å². The second kappa shape index (κ2) is 5.90. The van der Waals surface area contributed by atoms with Gasteiger partial charge in [0, 0.05) is 5.92 Å². The molecule has 5 rings (SSSR count). The Bertz CT molecular complexity index is 518. The Morgan fingerprint density at radius 1 is 1.00 bits per heavy atom. The molecule has 0 N–H and O–H groups in total. The molecule has 0 spiro atoms. The highest BCUT2D eigenvalue weighted by Gasteiger charge is 2.60. The molecule has 2 saturated carbocycles. The summed E-state index contributed by atoms with van der Waals surface area (Å²) in [6, 6.07) is 0. The molecule has 142 valence electrons. The van der Waals surface area contributed by atoms with Crippen LogP contribution in [0.5, 0.6) is 0 Å². The standard InChI is InChI=1S/C20H32O5/c1-12-15(5-7-20(3)17(12)25-20)18-22-10-14(11-23-18)21-9-13-4-6-19(2)16(8-13)24-19/h12-18H,4-11H2,1-3H3. The number of epoxide rings is 2. The highest BCUT2D eigenvalue weighted by Crippen LogP contribution is 2.53. The molecule has 5 aliphatic rings. The lowest BCUT2D eigenvalue weighted by Crippen LogP contribution is -2.46. The molecule has 0 radical (unpaired) electrons. The largest absolute Gasteiger partial charge is 0.373 e. The molecule has 0 aromatic heterocycles. The molecule has 0 aromatic rings. The molecule has 5 fully saturated rings. The van der Waals surface area contributed by atoms with Crippen molar-refractivity contribution in [3.05, 3.63) is 0 Å². The predicted octanol–water partition coefficient (Wildman–Crippen LogP) is 2.91. The minimum Gasteiger partial charge on any atom is -0.373 e. The smallest absolute Gasteiger partial charge is 0.160 e. The average Bonchev–Trinajstić information content (AvgIpc) is 3.48.